The van der Waals surface area contributed by atoms with E-state index >= 15 is 0 Å². The van der Waals surface area contributed by atoms with Gasteiger partial charge in [0.25, 0.3) is 0 Å². The van der Waals surface area contributed by atoms with Crippen molar-refractivity contribution < 1.29 is 8.42 Å². The van der Waals surface area contributed by atoms with Crippen LogP contribution in [0.15, 0.2) is 23.2 Å². The second-order valence-corrected chi connectivity index (χ2v) is 6.35. The number of rotatable bonds is 4. The molecule has 1 aromatic rings. The zero-order valence-electron chi connectivity index (χ0n) is 11.3. The molecule has 1 saturated heterocycles. The number of sulfonamides is 1. The van der Waals surface area contributed by atoms with Gasteiger partial charge in [-0.15, -0.1) is 0 Å². The lowest BCUT2D eigenvalue weighted by Crippen LogP contribution is -2.45. The van der Waals surface area contributed by atoms with Gasteiger partial charge in [0.1, 0.15) is 10.7 Å². The molecule has 0 saturated carbocycles. The lowest BCUT2D eigenvalue weighted by Gasteiger charge is -2.34. The predicted octanol–water partition coefficient (Wildman–Crippen LogP) is 0.132. The van der Waals surface area contributed by atoms with E-state index in [2.05, 4.69) is 21.7 Å². The van der Waals surface area contributed by atoms with Crippen molar-refractivity contribution in [3.8, 4) is 0 Å². The van der Waals surface area contributed by atoms with Crippen LogP contribution in [0, 0.1) is 0 Å². The molecule has 7 heteroatoms. The Morgan fingerprint density at radius 2 is 2.00 bits per heavy atom. The Labute approximate surface area is 114 Å². The molecule has 0 aliphatic carbocycles. The van der Waals surface area contributed by atoms with E-state index in [1.807, 2.05) is 4.90 Å². The Morgan fingerprint density at radius 1 is 1.32 bits per heavy atom. The fraction of sp³-hybridized carbons (Fsp3) is 0.583. The number of hydrogen-bond acceptors (Lipinski definition) is 5. The van der Waals surface area contributed by atoms with Crippen LogP contribution in [-0.2, 0) is 10.0 Å². The van der Waals surface area contributed by atoms with Gasteiger partial charge in [0.2, 0.25) is 10.0 Å². The van der Waals surface area contributed by atoms with Crippen molar-refractivity contribution in [1.29, 1.82) is 0 Å². The molecular weight excluding hydrogens is 264 g/mol. The van der Waals surface area contributed by atoms with Crippen LogP contribution in [0.4, 0.5) is 5.82 Å². The first-order valence-corrected chi connectivity index (χ1v) is 7.91. The predicted molar refractivity (Wildman–Crippen MR) is 74.8 cm³/mol. The number of aromatic nitrogens is 1. The molecule has 1 fully saturated rings. The molecule has 1 aliphatic heterocycles. The van der Waals surface area contributed by atoms with E-state index < -0.39 is 10.0 Å². The third kappa shape index (κ3) is 3.23. The number of piperazine rings is 1. The van der Waals surface area contributed by atoms with E-state index in [-0.39, 0.29) is 4.90 Å². The maximum absolute atomic E-state index is 12.2. The van der Waals surface area contributed by atoms with Crippen LogP contribution < -0.4 is 9.62 Å². The van der Waals surface area contributed by atoms with Crippen LogP contribution in [0.3, 0.4) is 0 Å². The molecule has 1 aromatic heterocycles. The topological polar surface area (TPSA) is 65.5 Å². The number of nitrogens with one attached hydrogen (secondary N) is 1. The van der Waals surface area contributed by atoms with Gasteiger partial charge < -0.3 is 9.80 Å². The summed E-state index contributed by atoms with van der Waals surface area (Å²) in [4.78, 5) is 8.78. The van der Waals surface area contributed by atoms with Crippen molar-refractivity contribution in [3.05, 3.63) is 18.3 Å². The average molecular weight is 284 g/mol. The second-order valence-electron chi connectivity index (χ2n) is 4.62. The van der Waals surface area contributed by atoms with Crippen molar-refractivity contribution in [3.63, 3.8) is 0 Å². The number of anilines is 1. The first kappa shape index (κ1) is 14.2. The fourth-order valence-electron chi connectivity index (χ4n) is 2.12. The molecule has 2 rings (SSSR count). The number of nitrogens with zero attached hydrogens (tertiary/aromatic N) is 3. The number of likely N-dealkylation sites (N-methyl/N-ethyl adjacent to an activating group) is 1. The molecule has 0 atom stereocenters. The first-order chi connectivity index (χ1) is 9.04. The summed E-state index contributed by atoms with van der Waals surface area (Å²) in [5.74, 6) is 0.552. The van der Waals surface area contributed by atoms with Gasteiger partial charge in [0.15, 0.2) is 0 Å². The van der Waals surface area contributed by atoms with Crippen LogP contribution in [0.5, 0.6) is 0 Å². The largest absolute Gasteiger partial charge is 0.353 e. The molecule has 2 heterocycles. The minimum atomic E-state index is -3.47. The molecule has 0 amide bonds. The smallest absolute Gasteiger partial charge is 0.244 e. The van der Waals surface area contributed by atoms with Gasteiger partial charge in [0.05, 0.1) is 0 Å². The van der Waals surface area contributed by atoms with Crippen LogP contribution in [0.25, 0.3) is 0 Å². The minimum absolute atomic E-state index is 0.265. The Kier molecular flexibility index (Phi) is 4.38. The molecule has 1 aliphatic rings. The van der Waals surface area contributed by atoms with Gasteiger partial charge in [0, 0.05) is 38.9 Å². The van der Waals surface area contributed by atoms with Gasteiger partial charge in [-0.25, -0.2) is 18.1 Å². The van der Waals surface area contributed by atoms with E-state index in [0.717, 1.165) is 26.2 Å². The lowest BCUT2D eigenvalue weighted by molar-refractivity contribution is 0.311. The van der Waals surface area contributed by atoms with Gasteiger partial charge in [-0.05, 0) is 19.2 Å². The van der Waals surface area contributed by atoms with Gasteiger partial charge in [-0.3, -0.25) is 0 Å². The summed E-state index contributed by atoms with van der Waals surface area (Å²) in [6, 6.07) is 3.27. The molecule has 1 N–H and O–H groups in total. The first-order valence-electron chi connectivity index (χ1n) is 6.43. The van der Waals surface area contributed by atoms with Gasteiger partial charge in [-0.2, -0.15) is 0 Å². The maximum atomic E-state index is 12.2. The molecular formula is C12H20N4O2S. The molecule has 0 radical (unpaired) electrons. The molecule has 106 valence electrons. The van der Waals surface area contributed by atoms with E-state index in [1.54, 1.807) is 25.3 Å². The van der Waals surface area contributed by atoms with E-state index in [0.29, 0.717) is 12.4 Å². The van der Waals surface area contributed by atoms with Crippen LogP contribution in [-0.4, -0.2) is 58.1 Å². The van der Waals surface area contributed by atoms with Crippen molar-refractivity contribution in [2.75, 3.05) is 44.7 Å². The molecule has 6 nitrogen and oxygen atoms in total. The van der Waals surface area contributed by atoms with Crippen LogP contribution in [0.2, 0.25) is 0 Å². The Bertz CT molecular complexity index is 524. The highest BCUT2D eigenvalue weighted by atomic mass is 32.2. The summed E-state index contributed by atoms with van der Waals surface area (Å²) in [5.41, 5.74) is 0. The van der Waals surface area contributed by atoms with Crippen molar-refractivity contribution in [2.24, 2.45) is 0 Å². The molecule has 0 bridgehead atoms. The fourth-order valence-corrected chi connectivity index (χ4v) is 3.33. The summed E-state index contributed by atoms with van der Waals surface area (Å²) in [5, 5.41) is 0. The maximum Gasteiger partial charge on any atom is 0.244 e. The monoisotopic (exact) mass is 284 g/mol. The zero-order valence-corrected chi connectivity index (χ0v) is 12.2. The summed E-state index contributed by atoms with van der Waals surface area (Å²) < 4.78 is 26.9. The number of pyridine rings is 1. The normalized spacial score (nSPS) is 17.7. The summed E-state index contributed by atoms with van der Waals surface area (Å²) in [6.07, 6.45) is 1.64. The van der Waals surface area contributed by atoms with Crippen molar-refractivity contribution >= 4 is 15.8 Å². The third-order valence-corrected chi connectivity index (χ3v) is 4.74. The second kappa shape index (κ2) is 5.85. The summed E-state index contributed by atoms with van der Waals surface area (Å²) in [6.45, 7) is 5.56. The molecule has 0 unspecified atom stereocenters. The SMILES string of the molecule is CCNS(=O)(=O)c1cccnc1N1CCN(C)CC1. The minimum Gasteiger partial charge on any atom is -0.353 e. The molecule has 19 heavy (non-hydrogen) atoms. The summed E-state index contributed by atoms with van der Waals surface area (Å²) >= 11 is 0. The zero-order chi connectivity index (χ0) is 13.9. The quantitative estimate of drug-likeness (QED) is 0.851. The van der Waals surface area contributed by atoms with Gasteiger partial charge in [-0.1, -0.05) is 6.92 Å². The van der Waals surface area contributed by atoms with Gasteiger partial charge >= 0.3 is 0 Å². The highest BCUT2D eigenvalue weighted by Crippen LogP contribution is 2.22. The van der Waals surface area contributed by atoms with Crippen molar-refractivity contribution in [2.45, 2.75) is 11.8 Å². The molecule has 0 spiro atoms. The summed E-state index contributed by atoms with van der Waals surface area (Å²) in [7, 11) is -1.41. The average Bonchev–Trinajstić information content (AvgIpc) is 2.39. The van der Waals surface area contributed by atoms with E-state index in [1.165, 1.54) is 0 Å². The highest BCUT2D eigenvalue weighted by Gasteiger charge is 2.24. The standard InChI is InChI=1S/C12H20N4O2S/c1-3-14-19(17,18)11-5-4-6-13-12(11)16-9-7-15(2)8-10-16/h4-6,14H,3,7-10H2,1-2H3. The number of hydrogen-bond donors (Lipinski definition) is 1. The Morgan fingerprint density at radius 3 is 2.63 bits per heavy atom. The van der Waals surface area contributed by atoms with E-state index in [4.69, 9.17) is 0 Å². The van der Waals surface area contributed by atoms with E-state index in [9.17, 15) is 8.42 Å². The Hall–Kier alpha value is -1.18. The third-order valence-electron chi connectivity index (χ3n) is 3.18. The van der Waals surface area contributed by atoms with Crippen LogP contribution in [0.1, 0.15) is 6.92 Å². The van der Waals surface area contributed by atoms with Crippen LogP contribution >= 0.6 is 0 Å². The highest BCUT2D eigenvalue weighted by molar-refractivity contribution is 7.89. The Balaban J connectivity index is 2.31. The van der Waals surface area contributed by atoms with Crippen molar-refractivity contribution in [1.82, 2.24) is 14.6 Å². The lowest BCUT2D eigenvalue weighted by atomic mass is 10.3. The molecule has 0 aromatic carbocycles.